The fourth-order valence-electron chi connectivity index (χ4n) is 1.72. The van der Waals surface area contributed by atoms with Crippen molar-refractivity contribution in [2.24, 2.45) is 11.5 Å². The molecule has 3 amide bonds. The van der Waals surface area contributed by atoms with Gasteiger partial charge in [-0.3, -0.25) is 14.4 Å². The lowest BCUT2D eigenvalue weighted by molar-refractivity contribution is -0.131. The number of carbonyl (C=O) groups is 3. The molecular formula is C11H20N4O3. The summed E-state index contributed by atoms with van der Waals surface area (Å²) in [6, 6.07) is -0.664. The van der Waals surface area contributed by atoms with Gasteiger partial charge in [0, 0.05) is 6.92 Å². The SMILES string of the molecule is CC(=O)NC(CCCN)C(=O)NC1(C(N)=O)CC1. The summed E-state index contributed by atoms with van der Waals surface area (Å²) in [5, 5.41) is 5.16. The second-order valence-electron chi connectivity index (χ2n) is 4.62. The highest BCUT2D eigenvalue weighted by Crippen LogP contribution is 2.34. The minimum atomic E-state index is -0.906. The Morgan fingerprint density at radius 2 is 1.94 bits per heavy atom. The molecule has 1 aliphatic rings. The highest BCUT2D eigenvalue weighted by molar-refractivity contribution is 5.95. The zero-order chi connectivity index (χ0) is 13.8. The fourth-order valence-corrected chi connectivity index (χ4v) is 1.72. The van der Waals surface area contributed by atoms with E-state index in [4.69, 9.17) is 11.5 Å². The highest BCUT2D eigenvalue weighted by Gasteiger charge is 2.50. The minimum absolute atomic E-state index is 0.295. The first-order valence-electron chi connectivity index (χ1n) is 6.00. The van der Waals surface area contributed by atoms with E-state index in [1.165, 1.54) is 6.92 Å². The number of hydrogen-bond acceptors (Lipinski definition) is 4. The third-order valence-electron chi connectivity index (χ3n) is 2.98. The van der Waals surface area contributed by atoms with Gasteiger partial charge in [-0.15, -0.1) is 0 Å². The molecule has 1 aliphatic carbocycles. The molecule has 0 radical (unpaired) electrons. The number of hydrogen-bond donors (Lipinski definition) is 4. The van der Waals surface area contributed by atoms with Crippen molar-refractivity contribution in [2.45, 2.75) is 44.2 Å². The smallest absolute Gasteiger partial charge is 0.243 e. The molecule has 1 fully saturated rings. The lowest BCUT2D eigenvalue weighted by atomic mass is 10.1. The second kappa shape index (κ2) is 5.81. The summed E-state index contributed by atoms with van der Waals surface area (Å²) in [5.41, 5.74) is 9.69. The maximum atomic E-state index is 12.0. The van der Waals surface area contributed by atoms with Gasteiger partial charge < -0.3 is 22.1 Å². The van der Waals surface area contributed by atoms with Crippen molar-refractivity contribution in [3.05, 3.63) is 0 Å². The summed E-state index contributed by atoms with van der Waals surface area (Å²) in [6.07, 6.45) is 2.16. The topological polar surface area (TPSA) is 127 Å². The first kappa shape index (κ1) is 14.4. The predicted molar refractivity (Wildman–Crippen MR) is 65.2 cm³/mol. The van der Waals surface area contributed by atoms with E-state index < -0.39 is 17.5 Å². The average molecular weight is 256 g/mol. The third kappa shape index (κ3) is 3.69. The van der Waals surface area contributed by atoms with Gasteiger partial charge in [0.05, 0.1) is 0 Å². The van der Waals surface area contributed by atoms with Crippen molar-refractivity contribution in [1.82, 2.24) is 10.6 Å². The molecule has 0 aliphatic heterocycles. The van der Waals surface area contributed by atoms with Crippen molar-refractivity contribution < 1.29 is 14.4 Å². The lowest BCUT2D eigenvalue weighted by Gasteiger charge is -2.20. The zero-order valence-electron chi connectivity index (χ0n) is 10.5. The lowest BCUT2D eigenvalue weighted by Crippen LogP contribution is -2.54. The summed E-state index contributed by atoms with van der Waals surface area (Å²) < 4.78 is 0. The Hall–Kier alpha value is -1.63. The van der Waals surface area contributed by atoms with Crippen LogP contribution in [0.3, 0.4) is 0 Å². The second-order valence-corrected chi connectivity index (χ2v) is 4.62. The molecule has 0 heterocycles. The Bertz CT molecular complexity index is 352. The van der Waals surface area contributed by atoms with Gasteiger partial charge in [0.2, 0.25) is 17.7 Å². The fraction of sp³-hybridized carbons (Fsp3) is 0.727. The van der Waals surface area contributed by atoms with E-state index >= 15 is 0 Å². The molecule has 1 saturated carbocycles. The summed E-state index contributed by atoms with van der Waals surface area (Å²) in [6.45, 7) is 1.77. The average Bonchev–Trinajstić information content (AvgIpc) is 3.04. The molecule has 1 rings (SSSR count). The van der Waals surface area contributed by atoms with Crippen LogP contribution in [0.5, 0.6) is 0 Å². The van der Waals surface area contributed by atoms with Gasteiger partial charge in [0.1, 0.15) is 11.6 Å². The van der Waals surface area contributed by atoms with E-state index in [1.54, 1.807) is 0 Å². The Morgan fingerprint density at radius 1 is 1.33 bits per heavy atom. The Labute approximate surface area is 106 Å². The number of nitrogens with one attached hydrogen (secondary N) is 2. The molecule has 18 heavy (non-hydrogen) atoms. The molecule has 0 spiro atoms. The van der Waals surface area contributed by atoms with Crippen LogP contribution in [-0.4, -0.2) is 35.8 Å². The molecule has 6 N–H and O–H groups in total. The Balaban J connectivity index is 2.58. The van der Waals surface area contributed by atoms with Gasteiger partial charge in [-0.05, 0) is 32.2 Å². The van der Waals surface area contributed by atoms with Gasteiger partial charge in [-0.2, -0.15) is 0 Å². The van der Waals surface area contributed by atoms with Crippen LogP contribution in [0, 0.1) is 0 Å². The molecule has 102 valence electrons. The van der Waals surface area contributed by atoms with Crippen LogP contribution in [0.4, 0.5) is 0 Å². The summed E-state index contributed by atoms with van der Waals surface area (Å²) in [4.78, 5) is 34.2. The quantitative estimate of drug-likeness (QED) is 0.436. The van der Waals surface area contributed by atoms with Crippen LogP contribution in [-0.2, 0) is 14.4 Å². The normalized spacial score (nSPS) is 17.7. The van der Waals surface area contributed by atoms with Gasteiger partial charge in [0.25, 0.3) is 0 Å². The van der Waals surface area contributed by atoms with Crippen molar-refractivity contribution in [1.29, 1.82) is 0 Å². The number of carbonyl (C=O) groups excluding carboxylic acids is 3. The van der Waals surface area contributed by atoms with Crippen molar-refractivity contribution in [3.63, 3.8) is 0 Å². The molecule has 0 aromatic heterocycles. The molecule has 0 saturated heterocycles. The Kier molecular flexibility index (Phi) is 4.66. The van der Waals surface area contributed by atoms with Crippen LogP contribution in [0.25, 0.3) is 0 Å². The van der Waals surface area contributed by atoms with Crippen LogP contribution in [0.2, 0.25) is 0 Å². The predicted octanol–water partition coefficient (Wildman–Crippen LogP) is -1.64. The van der Waals surface area contributed by atoms with Gasteiger partial charge in [-0.1, -0.05) is 0 Å². The largest absolute Gasteiger partial charge is 0.368 e. The third-order valence-corrected chi connectivity index (χ3v) is 2.98. The van der Waals surface area contributed by atoms with E-state index in [-0.39, 0.29) is 11.8 Å². The molecule has 7 heteroatoms. The van der Waals surface area contributed by atoms with Gasteiger partial charge in [0.15, 0.2) is 0 Å². The monoisotopic (exact) mass is 256 g/mol. The Morgan fingerprint density at radius 3 is 2.33 bits per heavy atom. The van der Waals surface area contributed by atoms with E-state index in [0.29, 0.717) is 32.2 Å². The van der Waals surface area contributed by atoms with E-state index in [9.17, 15) is 14.4 Å². The van der Waals surface area contributed by atoms with E-state index in [0.717, 1.165) is 0 Å². The first-order valence-corrected chi connectivity index (χ1v) is 6.00. The van der Waals surface area contributed by atoms with Crippen LogP contribution < -0.4 is 22.1 Å². The standard InChI is InChI=1S/C11H20N4O3/c1-7(16)14-8(3-2-6-12)9(17)15-11(4-5-11)10(13)18/h8H,2-6,12H2,1H3,(H2,13,18)(H,14,16)(H,15,17). The van der Waals surface area contributed by atoms with Gasteiger partial charge >= 0.3 is 0 Å². The molecular weight excluding hydrogens is 236 g/mol. The van der Waals surface area contributed by atoms with Crippen molar-refractivity contribution in [2.75, 3.05) is 6.54 Å². The maximum Gasteiger partial charge on any atom is 0.243 e. The number of amides is 3. The van der Waals surface area contributed by atoms with Crippen LogP contribution >= 0.6 is 0 Å². The molecule has 0 bridgehead atoms. The highest BCUT2D eigenvalue weighted by atomic mass is 16.2. The molecule has 0 aromatic carbocycles. The maximum absolute atomic E-state index is 12.0. The molecule has 1 unspecified atom stereocenters. The first-order chi connectivity index (χ1) is 8.41. The molecule has 1 atom stereocenters. The van der Waals surface area contributed by atoms with Crippen molar-refractivity contribution in [3.8, 4) is 0 Å². The number of rotatable bonds is 7. The van der Waals surface area contributed by atoms with Crippen LogP contribution in [0.1, 0.15) is 32.6 Å². The summed E-state index contributed by atoms with van der Waals surface area (Å²) in [5.74, 6) is -1.21. The summed E-state index contributed by atoms with van der Waals surface area (Å²) >= 11 is 0. The summed E-state index contributed by atoms with van der Waals surface area (Å²) in [7, 11) is 0. The van der Waals surface area contributed by atoms with Crippen molar-refractivity contribution >= 4 is 17.7 Å². The van der Waals surface area contributed by atoms with E-state index in [2.05, 4.69) is 10.6 Å². The van der Waals surface area contributed by atoms with Gasteiger partial charge in [-0.25, -0.2) is 0 Å². The number of primary amides is 1. The minimum Gasteiger partial charge on any atom is -0.368 e. The van der Waals surface area contributed by atoms with E-state index in [1.807, 2.05) is 0 Å². The van der Waals surface area contributed by atoms with Crippen LogP contribution in [0.15, 0.2) is 0 Å². The number of nitrogens with two attached hydrogens (primary N) is 2. The zero-order valence-corrected chi connectivity index (χ0v) is 10.5. The molecule has 0 aromatic rings. The molecule has 7 nitrogen and oxygen atoms in total.